The van der Waals surface area contributed by atoms with E-state index in [0.29, 0.717) is 12.2 Å². The second-order valence-corrected chi connectivity index (χ2v) is 5.80. The van der Waals surface area contributed by atoms with E-state index in [1.54, 1.807) is 11.4 Å². The average Bonchev–Trinajstić information content (AvgIpc) is 2.88. The molecule has 2 aromatic rings. The van der Waals surface area contributed by atoms with Gasteiger partial charge >= 0.3 is 6.01 Å². The van der Waals surface area contributed by atoms with Gasteiger partial charge < -0.3 is 4.74 Å². The molecule has 0 unspecified atom stereocenters. The van der Waals surface area contributed by atoms with Crippen molar-refractivity contribution in [3.8, 4) is 6.01 Å². The van der Waals surface area contributed by atoms with Crippen LogP contribution in [0.5, 0.6) is 6.01 Å². The van der Waals surface area contributed by atoms with Crippen molar-refractivity contribution in [3.05, 3.63) is 19.9 Å². The highest BCUT2D eigenvalue weighted by molar-refractivity contribution is 14.1. The fourth-order valence-electron chi connectivity index (χ4n) is 1.10. The lowest BCUT2D eigenvalue weighted by atomic mass is 10.3. The molecule has 1 amide bonds. The predicted octanol–water partition coefficient (Wildman–Crippen LogP) is 2.12. The molecule has 2 heterocycles. The Bertz CT molecular complexity index is 525. The minimum atomic E-state index is -0.219. The van der Waals surface area contributed by atoms with E-state index in [0.717, 1.165) is 2.88 Å². The smallest absolute Gasteiger partial charge is 0.337 e. The number of anilines is 1. The van der Waals surface area contributed by atoms with Gasteiger partial charge in [0.05, 0.1) is 15.1 Å². The Kier molecular flexibility index (Phi) is 3.94. The number of aromatic amines is 1. The van der Waals surface area contributed by atoms with Gasteiger partial charge in [-0.15, -0.1) is 16.4 Å². The molecule has 6 nitrogen and oxygen atoms in total. The van der Waals surface area contributed by atoms with Crippen LogP contribution >= 0.6 is 33.9 Å². The maximum atomic E-state index is 11.8. The second-order valence-electron chi connectivity index (χ2n) is 2.99. The van der Waals surface area contributed by atoms with Crippen molar-refractivity contribution in [2.45, 2.75) is 6.92 Å². The number of H-pyrrole nitrogens is 1. The highest BCUT2D eigenvalue weighted by Gasteiger charge is 2.11. The van der Waals surface area contributed by atoms with Gasteiger partial charge in [-0.3, -0.25) is 10.1 Å². The van der Waals surface area contributed by atoms with Gasteiger partial charge in [-0.2, -0.15) is 4.98 Å². The van der Waals surface area contributed by atoms with Crippen molar-refractivity contribution in [3.63, 3.8) is 0 Å². The summed E-state index contributed by atoms with van der Waals surface area (Å²) < 4.78 is 6.13. The van der Waals surface area contributed by atoms with Crippen molar-refractivity contribution in [2.75, 3.05) is 11.9 Å². The summed E-state index contributed by atoms with van der Waals surface area (Å²) in [5.41, 5.74) is 0.605. The van der Waals surface area contributed by atoms with Gasteiger partial charge in [0.2, 0.25) is 5.95 Å². The van der Waals surface area contributed by atoms with Crippen LogP contribution in [0.2, 0.25) is 0 Å². The summed E-state index contributed by atoms with van der Waals surface area (Å²) in [4.78, 5) is 15.7. The Balaban J connectivity index is 2.02. The molecule has 0 spiro atoms. The Hall–Kier alpha value is -1.16. The number of thiophene rings is 1. The first-order valence-electron chi connectivity index (χ1n) is 4.79. The zero-order valence-electron chi connectivity index (χ0n) is 8.86. The second kappa shape index (κ2) is 5.45. The summed E-state index contributed by atoms with van der Waals surface area (Å²) >= 11 is 3.67. The van der Waals surface area contributed by atoms with Gasteiger partial charge in [0.25, 0.3) is 5.91 Å². The molecule has 0 saturated carbocycles. The average molecular weight is 364 g/mol. The maximum Gasteiger partial charge on any atom is 0.337 e. The molecular formula is C9H9IN4O2S. The summed E-state index contributed by atoms with van der Waals surface area (Å²) in [7, 11) is 0. The number of ether oxygens (including phenoxy) is 1. The number of carbonyl (C=O) groups is 1. The number of hydrogen-bond donors (Lipinski definition) is 2. The third-order valence-corrected chi connectivity index (χ3v) is 3.59. The van der Waals surface area contributed by atoms with Gasteiger partial charge in [0.1, 0.15) is 0 Å². The highest BCUT2D eigenvalue weighted by Crippen LogP contribution is 2.17. The number of amides is 1. The van der Waals surface area contributed by atoms with E-state index in [-0.39, 0.29) is 17.9 Å². The molecule has 0 aliphatic rings. The van der Waals surface area contributed by atoms with Crippen LogP contribution in [0.4, 0.5) is 5.95 Å². The molecule has 0 bridgehead atoms. The topological polar surface area (TPSA) is 79.9 Å². The minimum Gasteiger partial charge on any atom is -0.463 e. The van der Waals surface area contributed by atoms with Gasteiger partial charge in [-0.05, 0) is 35.6 Å². The molecule has 0 fully saturated rings. The number of carbonyl (C=O) groups excluding carboxylic acids is 1. The lowest BCUT2D eigenvalue weighted by Gasteiger charge is -1.97. The Morgan fingerprint density at radius 2 is 2.53 bits per heavy atom. The van der Waals surface area contributed by atoms with Gasteiger partial charge in [0, 0.05) is 5.38 Å². The standard InChI is InChI=1S/C9H9IN4O2S/c1-2-16-9-12-8(13-14-9)11-7(15)5-3-6(10)17-4-5/h3-4H,2H2,1H3,(H2,11,12,13,14,15). The molecule has 2 rings (SSSR count). The number of halogens is 1. The van der Waals surface area contributed by atoms with Crippen molar-refractivity contribution in [2.24, 2.45) is 0 Å². The van der Waals surface area contributed by atoms with E-state index < -0.39 is 0 Å². The van der Waals surface area contributed by atoms with E-state index >= 15 is 0 Å². The van der Waals surface area contributed by atoms with Gasteiger partial charge in [-0.1, -0.05) is 0 Å². The van der Waals surface area contributed by atoms with E-state index in [4.69, 9.17) is 4.74 Å². The van der Waals surface area contributed by atoms with E-state index in [2.05, 4.69) is 43.1 Å². The van der Waals surface area contributed by atoms with Gasteiger partial charge in [-0.25, -0.2) is 5.10 Å². The molecule has 0 aliphatic carbocycles. The summed E-state index contributed by atoms with van der Waals surface area (Å²) in [6, 6.07) is 2.03. The lowest BCUT2D eigenvalue weighted by Crippen LogP contribution is -2.12. The summed E-state index contributed by atoms with van der Waals surface area (Å²) in [6.07, 6.45) is 0. The van der Waals surface area contributed by atoms with Crippen LogP contribution in [0.1, 0.15) is 17.3 Å². The zero-order valence-corrected chi connectivity index (χ0v) is 11.8. The summed E-state index contributed by atoms with van der Waals surface area (Å²) in [5.74, 6) is 0.0584. The molecule has 8 heteroatoms. The summed E-state index contributed by atoms with van der Waals surface area (Å²) in [5, 5.41) is 10.8. The monoisotopic (exact) mass is 364 g/mol. The normalized spacial score (nSPS) is 10.2. The van der Waals surface area contributed by atoms with Crippen LogP contribution in [0.3, 0.4) is 0 Å². The molecule has 2 N–H and O–H groups in total. The van der Waals surface area contributed by atoms with Crippen molar-refractivity contribution < 1.29 is 9.53 Å². The third kappa shape index (κ3) is 3.16. The highest BCUT2D eigenvalue weighted by atomic mass is 127. The van der Waals surface area contributed by atoms with Crippen molar-refractivity contribution in [1.82, 2.24) is 15.2 Å². The van der Waals surface area contributed by atoms with Crippen LogP contribution in [0, 0.1) is 2.88 Å². The summed E-state index contributed by atoms with van der Waals surface area (Å²) in [6.45, 7) is 2.32. The zero-order chi connectivity index (χ0) is 12.3. The number of nitrogens with one attached hydrogen (secondary N) is 2. The fourth-order valence-corrected chi connectivity index (χ4v) is 2.43. The van der Waals surface area contributed by atoms with Gasteiger partial charge in [0.15, 0.2) is 0 Å². The third-order valence-electron chi connectivity index (χ3n) is 1.80. The quantitative estimate of drug-likeness (QED) is 0.815. The molecule has 90 valence electrons. The van der Waals surface area contributed by atoms with Crippen LogP contribution in [-0.4, -0.2) is 27.7 Å². The van der Waals surface area contributed by atoms with Crippen molar-refractivity contribution in [1.29, 1.82) is 0 Å². The minimum absolute atomic E-state index is 0.219. The number of nitrogens with zero attached hydrogens (tertiary/aromatic N) is 2. The fraction of sp³-hybridized carbons (Fsp3) is 0.222. The Morgan fingerprint density at radius 3 is 3.18 bits per heavy atom. The SMILES string of the molecule is CCOc1n[nH]c(NC(=O)c2csc(I)c2)n1. The lowest BCUT2D eigenvalue weighted by molar-refractivity contribution is 0.102. The van der Waals surface area contributed by atoms with E-state index in [1.807, 2.05) is 6.92 Å². The molecular weight excluding hydrogens is 355 g/mol. The first-order chi connectivity index (χ1) is 8.19. The molecule has 2 aromatic heterocycles. The molecule has 17 heavy (non-hydrogen) atoms. The largest absolute Gasteiger partial charge is 0.463 e. The maximum absolute atomic E-state index is 11.8. The molecule has 0 aliphatic heterocycles. The van der Waals surface area contributed by atoms with Crippen LogP contribution < -0.4 is 10.1 Å². The van der Waals surface area contributed by atoms with Crippen LogP contribution in [0.15, 0.2) is 11.4 Å². The predicted molar refractivity (Wildman–Crippen MR) is 72.5 cm³/mol. The van der Waals surface area contributed by atoms with Crippen LogP contribution in [-0.2, 0) is 0 Å². The Labute approximate surface area is 115 Å². The van der Waals surface area contributed by atoms with Crippen molar-refractivity contribution >= 4 is 45.8 Å². The number of hydrogen-bond acceptors (Lipinski definition) is 5. The molecule has 0 aromatic carbocycles. The number of rotatable bonds is 4. The first-order valence-corrected chi connectivity index (χ1v) is 6.75. The van der Waals surface area contributed by atoms with E-state index in [9.17, 15) is 4.79 Å². The molecule has 0 atom stereocenters. The van der Waals surface area contributed by atoms with Crippen LogP contribution in [0.25, 0.3) is 0 Å². The van der Waals surface area contributed by atoms with E-state index in [1.165, 1.54) is 11.3 Å². The first kappa shape index (κ1) is 12.3. The number of aromatic nitrogens is 3. The Morgan fingerprint density at radius 1 is 1.71 bits per heavy atom. The molecule has 0 radical (unpaired) electrons. The molecule has 0 saturated heterocycles.